The molecular weight excluding hydrogens is 537 g/mol. The van der Waals surface area contributed by atoms with Crippen LogP contribution in [0.15, 0.2) is 40.8 Å². The first-order valence-electron chi connectivity index (χ1n) is 13.2. The zero-order valence-electron chi connectivity index (χ0n) is 22.2. The molecule has 4 heterocycles. The number of nitrogens with two attached hydrogens (primary N) is 1. The number of aromatic nitrogens is 1. The molecule has 2 aliphatic heterocycles. The lowest BCUT2D eigenvalue weighted by Gasteiger charge is -2.31. The smallest absolute Gasteiger partial charge is 0.250 e. The van der Waals surface area contributed by atoms with Gasteiger partial charge >= 0.3 is 0 Å². The number of aromatic amines is 1. The summed E-state index contributed by atoms with van der Waals surface area (Å²) < 4.78 is 26.2. The van der Waals surface area contributed by atoms with Crippen LogP contribution in [0.4, 0.5) is 0 Å². The first-order chi connectivity index (χ1) is 18.2. The van der Waals surface area contributed by atoms with Crippen molar-refractivity contribution in [2.24, 2.45) is 5.73 Å². The van der Waals surface area contributed by atoms with Gasteiger partial charge in [-0.3, -0.25) is 9.69 Å². The lowest BCUT2D eigenvalue weighted by atomic mass is 9.88. The van der Waals surface area contributed by atoms with E-state index in [9.17, 15) is 13.2 Å². The first-order valence-corrected chi connectivity index (χ1v) is 16.7. The van der Waals surface area contributed by atoms with E-state index in [1.165, 1.54) is 15.5 Å². The third-order valence-corrected chi connectivity index (χ3v) is 12.0. The summed E-state index contributed by atoms with van der Waals surface area (Å²) >= 11 is 3.69. The molecule has 2 aromatic heterocycles. The predicted molar refractivity (Wildman–Crippen MR) is 159 cm³/mol. The number of thiophene rings is 1. The summed E-state index contributed by atoms with van der Waals surface area (Å²) in [4.78, 5) is 20.8. The number of rotatable bonds is 9. The number of nitrogens with zero attached hydrogens (tertiary/aromatic N) is 2. The van der Waals surface area contributed by atoms with Gasteiger partial charge in [0.25, 0.3) is 5.91 Å². The minimum atomic E-state index is -3.18. The second-order valence-electron chi connectivity index (χ2n) is 10.3. The van der Waals surface area contributed by atoms with Crippen molar-refractivity contribution < 1.29 is 13.2 Å². The van der Waals surface area contributed by atoms with Gasteiger partial charge in [0.1, 0.15) is 0 Å². The number of nitrogens with one attached hydrogen (secondary N) is 1. The number of carbonyl (C=O) groups excluding carboxylic acids is 1. The van der Waals surface area contributed by atoms with Crippen LogP contribution in [0.25, 0.3) is 22.0 Å². The maximum Gasteiger partial charge on any atom is 0.250 e. The molecule has 5 rings (SSSR count). The van der Waals surface area contributed by atoms with E-state index in [1.54, 1.807) is 22.6 Å². The number of likely N-dealkylation sites (N-methyl/N-ethyl adjacent to an activating group) is 1. The molecule has 3 N–H and O–H groups in total. The molecule has 1 amide bonds. The van der Waals surface area contributed by atoms with Crippen LogP contribution in [-0.2, 0) is 16.6 Å². The second kappa shape index (κ2) is 11.2. The molecule has 1 atom stereocenters. The van der Waals surface area contributed by atoms with Crippen molar-refractivity contribution in [2.45, 2.75) is 51.6 Å². The van der Waals surface area contributed by atoms with E-state index >= 15 is 0 Å². The molecule has 1 unspecified atom stereocenters. The van der Waals surface area contributed by atoms with Gasteiger partial charge in [-0.05, 0) is 91.3 Å². The number of piperidine rings is 1. The topological polar surface area (TPSA) is 99.5 Å². The van der Waals surface area contributed by atoms with Gasteiger partial charge < -0.3 is 10.7 Å². The number of fused-ring (bicyclic) bond motifs is 1. The zero-order valence-corrected chi connectivity index (χ0v) is 24.6. The van der Waals surface area contributed by atoms with Crippen LogP contribution in [0.1, 0.15) is 59.8 Å². The Kier molecular flexibility index (Phi) is 8.07. The Balaban J connectivity index is 1.41. The molecule has 0 radical (unpaired) electrons. The van der Waals surface area contributed by atoms with E-state index in [1.807, 2.05) is 24.0 Å². The van der Waals surface area contributed by atoms with Crippen molar-refractivity contribution in [3.63, 3.8) is 0 Å². The fourth-order valence-electron chi connectivity index (χ4n) is 5.52. The number of thioether (sulfide) groups is 1. The van der Waals surface area contributed by atoms with Crippen molar-refractivity contribution in [3.05, 3.63) is 56.8 Å². The molecule has 0 spiro atoms. The van der Waals surface area contributed by atoms with Gasteiger partial charge in [0, 0.05) is 47.9 Å². The van der Waals surface area contributed by atoms with Gasteiger partial charge in [0.15, 0.2) is 0 Å². The minimum absolute atomic E-state index is 0.129. The van der Waals surface area contributed by atoms with Crippen molar-refractivity contribution in [1.82, 2.24) is 14.2 Å². The van der Waals surface area contributed by atoms with Crippen molar-refractivity contribution in [1.29, 1.82) is 0 Å². The fourth-order valence-corrected chi connectivity index (χ4v) is 8.74. The third kappa shape index (κ3) is 5.47. The third-order valence-electron chi connectivity index (χ3n) is 7.94. The largest absolute Gasteiger partial charge is 0.366 e. The molecule has 1 saturated heterocycles. The maximum absolute atomic E-state index is 12.4. The number of H-pyrrole nitrogens is 1. The standard InChI is InChI=1S/C28H36N4O3S3/c1-4-38(34,35)32-9-7-19(8-10-32)25-15-30-27-23(25)13-20(14-24(27)28(29)33)21-12-22(37-17-21)16-31(3)18(2)26-6-5-11-36-26/h6,12-15,17-19,30H,4-5,7-11,16H2,1-3H3,(H2,29,33). The molecule has 0 bridgehead atoms. The zero-order chi connectivity index (χ0) is 27.0. The number of sulfonamides is 1. The second-order valence-corrected chi connectivity index (χ2v) is 14.7. The molecule has 0 saturated carbocycles. The average molecular weight is 573 g/mol. The van der Waals surface area contributed by atoms with E-state index in [0.717, 1.165) is 53.4 Å². The van der Waals surface area contributed by atoms with E-state index in [4.69, 9.17) is 5.73 Å². The highest BCUT2D eigenvalue weighted by Crippen LogP contribution is 2.38. The number of amides is 1. The summed E-state index contributed by atoms with van der Waals surface area (Å²) in [6.07, 6.45) is 6.99. The van der Waals surface area contributed by atoms with Crippen molar-refractivity contribution in [2.75, 3.05) is 31.6 Å². The summed E-state index contributed by atoms with van der Waals surface area (Å²) in [5, 5.41) is 3.15. The van der Waals surface area contributed by atoms with E-state index < -0.39 is 15.9 Å². The van der Waals surface area contributed by atoms with Crippen molar-refractivity contribution in [3.8, 4) is 11.1 Å². The lowest BCUT2D eigenvalue weighted by molar-refractivity contribution is 0.100. The Bertz CT molecular complexity index is 1470. The van der Waals surface area contributed by atoms with Crippen LogP contribution in [0.3, 0.4) is 0 Å². The SMILES string of the molecule is CCS(=O)(=O)N1CCC(c2c[nH]c3c(C(N)=O)cc(-c4csc(CN(C)C(C)C5=CCCS5)c4)cc23)CC1. The maximum atomic E-state index is 12.4. The highest BCUT2D eigenvalue weighted by Gasteiger charge is 2.29. The fraction of sp³-hybridized carbons (Fsp3) is 0.464. The molecule has 7 nitrogen and oxygen atoms in total. The van der Waals surface area contributed by atoms with Gasteiger partial charge in [0.2, 0.25) is 10.0 Å². The van der Waals surface area contributed by atoms with Gasteiger partial charge in [-0.2, -0.15) is 0 Å². The van der Waals surface area contributed by atoms with Crippen molar-refractivity contribution >= 4 is 49.9 Å². The summed E-state index contributed by atoms with van der Waals surface area (Å²) in [7, 11) is -1.01. The molecule has 3 aromatic rings. The summed E-state index contributed by atoms with van der Waals surface area (Å²) in [5.41, 5.74) is 10.2. The highest BCUT2D eigenvalue weighted by molar-refractivity contribution is 8.03. The molecule has 1 fully saturated rings. The van der Waals surface area contributed by atoms with Gasteiger partial charge in [-0.15, -0.1) is 23.1 Å². The Morgan fingerprint density at radius 1 is 1.24 bits per heavy atom. The summed E-state index contributed by atoms with van der Waals surface area (Å²) in [6, 6.07) is 6.66. The normalized spacial score (nSPS) is 18.4. The van der Waals surface area contributed by atoms with Crippen LogP contribution in [0, 0.1) is 0 Å². The number of primary amides is 1. The first kappa shape index (κ1) is 27.5. The molecular formula is C28H36N4O3S3. The van der Waals surface area contributed by atoms with E-state index in [0.29, 0.717) is 24.7 Å². The lowest BCUT2D eigenvalue weighted by Crippen LogP contribution is -2.38. The number of hydrogen-bond donors (Lipinski definition) is 2. The highest BCUT2D eigenvalue weighted by atomic mass is 32.2. The quantitative estimate of drug-likeness (QED) is 0.359. The Hall–Kier alpha value is -2.11. The van der Waals surface area contributed by atoms with Gasteiger partial charge in [0.05, 0.1) is 16.8 Å². The monoisotopic (exact) mass is 572 g/mol. The number of allylic oxidation sites excluding steroid dienone is 1. The molecule has 2 aliphatic rings. The predicted octanol–water partition coefficient (Wildman–Crippen LogP) is 5.37. The Morgan fingerprint density at radius 3 is 2.66 bits per heavy atom. The number of benzene rings is 1. The summed E-state index contributed by atoms with van der Waals surface area (Å²) in [5.74, 6) is 1.07. The molecule has 1 aromatic carbocycles. The molecule has 0 aliphatic carbocycles. The van der Waals surface area contributed by atoms with Crippen LogP contribution < -0.4 is 5.73 Å². The Labute approximate surface area is 233 Å². The average Bonchev–Trinajstić information content (AvgIpc) is 3.69. The molecule has 204 valence electrons. The Morgan fingerprint density at radius 2 is 2.00 bits per heavy atom. The van der Waals surface area contributed by atoms with E-state index in [-0.39, 0.29) is 11.7 Å². The summed E-state index contributed by atoms with van der Waals surface area (Å²) in [6.45, 7) is 5.86. The van der Waals surface area contributed by atoms with Crippen LogP contribution >= 0.6 is 23.1 Å². The minimum Gasteiger partial charge on any atom is -0.366 e. The number of hydrogen-bond acceptors (Lipinski definition) is 6. The molecule has 38 heavy (non-hydrogen) atoms. The van der Waals surface area contributed by atoms with Crippen LogP contribution in [-0.4, -0.2) is 66.2 Å². The van der Waals surface area contributed by atoms with Gasteiger partial charge in [-0.1, -0.05) is 6.08 Å². The van der Waals surface area contributed by atoms with Gasteiger partial charge in [-0.25, -0.2) is 12.7 Å². The van der Waals surface area contributed by atoms with Crippen LogP contribution in [0.5, 0.6) is 0 Å². The van der Waals surface area contributed by atoms with Crippen LogP contribution in [0.2, 0.25) is 0 Å². The number of carbonyl (C=O) groups is 1. The molecule has 10 heteroatoms. The van der Waals surface area contributed by atoms with E-state index in [2.05, 4.69) is 47.4 Å².